The summed E-state index contributed by atoms with van der Waals surface area (Å²) in [7, 11) is 0. The van der Waals surface area contributed by atoms with Crippen LogP contribution in [-0.4, -0.2) is 21.8 Å². The van der Waals surface area contributed by atoms with Gasteiger partial charge in [0, 0.05) is 0 Å². The summed E-state index contributed by atoms with van der Waals surface area (Å²) < 4.78 is 0. The smallest absolute Gasteiger partial charge is 0.306 e. The second-order valence-corrected chi connectivity index (χ2v) is 4.90. The van der Waals surface area contributed by atoms with Crippen LogP contribution < -0.4 is 0 Å². The summed E-state index contributed by atoms with van der Waals surface area (Å²) in [6.45, 7) is 4.27. The van der Waals surface area contributed by atoms with E-state index in [-0.39, 0.29) is 6.42 Å². The van der Waals surface area contributed by atoms with Crippen molar-refractivity contribution in [3.8, 4) is 0 Å². The third-order valence-electron chi connectivity index (χ3n) is 3.28. The Hall–Kier alpha value is -0.570. The lowest BCUT2D eigenvalue weighted by molar-refractivity contribution is -0.145. The average Bonchev–Trinajstić information content (AvgIpc) is 2.01. The van der Waals surface area contributed by atoms with Gasteiger partial charge in [0.15, 0.2) is 0 Å². The van der Waals surface area contributed by atoms with Gasteiger partial charge in [-0.2, -0.15) is 0 Å². The zero-order valence-electron chi connectivity index (χ0n) is 8.99. The molecule has 0 heterocycles. The molecule has 1 saturated carbocycles. The van der Waals surface area contributed by atoms with Crippen molar-refractivity contribution < 1.29 is 15.0 Å². The second-order valence-electron chi connectivity index (χ2n) is 4.90. The number of carboxylic acids is 1. The summed E-state index contributed by atoms with van der Waals surface area (Å²) in [5.41, 5.74) is -0.945. The lowest BCUT2D eigenvalue weighted by atomic mass is 9.72. The summed E-state index contributed by atoms with van der Waals surface area (Å²) in [5, 5.41) is 18.8. The summed E-state index contributed by atoms with van der Waals surface area (Å²) >= 11 is 0. The molecular weight excluding hydrogens is 180 g/mol. The number of carboxylic acid groups (broad SMARTS) is 1. The van der Waals surface area contributed by atoms with Crippen molar-refractivity contribution in [3.63, 3.8) is 0 Å². The van der Waals surface area contributed by atoms with Gasteiger partial charge in [-0.15, -0.1) is 0 Å². The molecule has 0 spiro atoms. The van der Waals surface area contributed by atoms with E-state index in [1.165, 1.54) is 0 Å². The largest absolute Gasteiger partial charge is 0.481 e. The molecule has 0 bridgehead atoms. The number of hydrogen-bond acceptors (Lipinski definition) is 2. The van der Waals surface area contributed by atoms with E-state index in [1.807, 2.05) is 0 Å². The first-order valence-electron chi connectivity index (χ1n) is 5.37. The van der Waals surface area contributed by atoms with Crippen molar-refractivity contribution in [1.29, 1.82) is 0 Å². The Morgan fingerprint density at radius 1 is 1.57 bits per heavy atom. The highest BCUT2D eigenvalue weighted by Gasteiger charge is 2.36. The molecule has 1 aliphatic rings. The summed E-state index contributed by atoms with van der Waals surface area (Å²) in [5.74, 6) is 0.126. The molecule has 0 radical (unpaired) electrons. The zero-order valence-corrected chi connectivity index (χ0v) is 8.99. The maximum Gasteiger partial charge on any atom is 0.306 e. The summed E-state index contributed by atoms with van der Waals surface area (Å²) in [6, 6.07) is 0. The fraction of sp³-hybridized carbons (Fsp3) is 0.909. The van der Waals surface area contributed by atoms with E-state index in [9.17, 15) is 9.90 Å². The highest BCUT2D eigenvalue weighted by Crippen LogP contribution is 2.38. The minimum atomic E-state index is -0.945. The molecule has 0 aromatic carbocycles. The summed E-state index contributed by atoms with van der Waals surface area (Å²) in [4.78, 5) is 10.6. The van der Waals surface area contributed by atoms with E-state index < -0.39 is 11.6 Å². The molecule has 3 heteroatoms. The molecule has 0 aliphatic heterocycles. The molecule has 2 unspecified atom stereocenters. The highest BCUT2D eigenvalue weighted by molar-refractivity contribution is 5.68. The number of aliphatic carboxylic acids is 1. The number of carbonyl (C=O) groups is 1. The first-order valence-corrected chi connectivity index (χ1v) is 5.37. The molecule has 2 N–H and O–H groups in total. The van der Waals surface area contributed by atoms with Crippen LogP contribution in [0.15, 0.2) is 0 Å². The number of rotatable bonds is 3. The van der Waals surface area contributed by atoms with Crippen molar-refractivity contribution in [2.45, 2.75) is 51.6 Å². The fourth-order valence-corrected chi connectivity index (χ4v) is 2.40. The Balaban J connectivity index is 2.57. The molecule has 3 nitrogen and oxygen atoms in total. The first kappa shape index (κ1) is 11.5. The predicted octanol–water partition coefficient (Wildman–Crippen LogP) is 2.04. The van der Waals surface area contributed by atoms with Crippen molar-refractivity contribution in [2.24, 2.45) is 11.8 Å². The van der Waals surface area contributed by atoms with E-state index in [4.69, 9.17) is 5.11 Å². The van der Waals surface area contributed by atoms with E-state index >= 15 is 0 Å². The third kappa shape index (κ3) is 2.98. The molecule has 0 aromatic rings. The van der Waals surface area contributed by atoms with Crippen LogP contribution in [0.1, 0.15) is 46.0 Å². The van der Waals surface area contributed by atoms with Crippen LogP contribution >= 0.6 is 0 Å². The van der Waals surface area contributed by atoms with Crippen LogP contribution in [0.25, 0.3) is 0 Å². The molecule has 1 aliphatic carbocycles. The Bertz CT molecular complexity index is 213. The van der Waals surface area contributed by atoms with Gasteiger partial charge >= 0.3 is 5.97 Å². The van der Waals surface area contributed by atoms with Gasteiger partial charge in [0.25, 0.3) is 0 Å². The lowest BCUT2D eigenvalue weighted by Crippen LogP contribution is -2.38. The SMILES string of the molecule is CC(C)C1CCCC(O)(CC(=O)O)C1. The van der Waals surface area contributed by atoms with Gasteiger partial charge in [0.2, 0.25) is 0 Å². The van der Waals surface area contributed by atoms with E-state index in [0.717, 1.165) is 12.8 Å². The molecule has 1 rings (SSSR count). The van der Waals surface area contributed by atoms with Gasteiger partial charge in [-0.25, -0.2) is 0 Å². The van der Waals surface area contributed by atoms with Gasteiger partial charge in [-0.05, 0) is 31.1 Å². The Morgan fingerprint density at radius 2 is 2.21 bits per heavy atom. The van der Waals surface area contributed by atoms with Gasteiger partial charge in [-0.3, -0.25) is 4.79 Å². The summed E-state index contributed by atoms with van der Waals surface area (Å²) in [6.07, 6.45) is 3.27. The van der Waals surface area contributed by atoms with Gasteiger partial charge in [0.05, 0.1) is 12.0 Å². The van der Waals surface area contributed by atoms with Crippen LogP contribution in [0.5, 0.6) is 0 Å². The van der Waals surface area contributed by atoms with Gasteiger partial charge in [-0.1, -0.05) is 20.3 Å². The Kier molecular flexibility index (Phi) is 3.53. The van der Waals surface area contributed by atoms with E-state index in [1.54, 1.807) is 0 Å². The predicted molar refractivity (Wildman–Crippen MR) is 54.0 cm³/mol. The van der Waals surface area contributed by atoms with E-state index in [2.05, 4.69) is 13.8 Å². The lowest BCUT2D eigenvalue weighted by Gasteiger charge is -2.37. The second kappa shape index (κ2) is 4.30. The molecule has 82 valence electrons. The Morgan fingerprint density at radius 3 is 2.71 bits per heavy atom. The van der Waals surface area contributed by atoms with Crippen LogP contribution in [0, 0.1) is 11.8 Å². The molecule has 0 aromatic heterocycles. The molecule has 14 heavy (non-hydrogen) atoms. The average molecular weight is 200 g/mol. The highest BCUT2D eigenvalue weighted by atomic mass is 16.4. The van der Waals surface area contributed by atoms with Gasteiger partial charge < -0.3 is 10.2 Å². The quantitative estimate of drug-likeness (QED) is 0.733. The first-order chi connectivity index (χ1) is 6.43. The third-order valence-corrected chi connectivity index (χ3v) is 3.28. The van der Waals surface area contributed by atoms with Crippen LogP contribution in [0.4, 0.5) is 0 Å². The molecule has 0 amide bonds. The number of hydrogen-bond donors (Lipinski definition) is 2. The molecule has 0 saturated heterocycles. The van der Waals surface area contributed by atoms with Crippen molar-refractivity contribution in [2.75, 3.05) is 0 Å². The van der Waals surface area contributed by atoms with Crippen molar-refractivity contribution in [3.05, 3.63) is 0 Å². The molecule has 2 atom stereocenters. The maximum absolute atomic E-state index is 10.6. The van der Waals surface area contributed by atoms with Crippen molar-refractivity contribution in [1.82, 2.24) is 0 Å². The fourth-order valence-electron chi connectivity index (χ4n) is 2.40. The number of aliphatic hydroxyl groups is 1. The zero-order chi connectivity index (χ0) is 10.8. The van der Waals surface area contributed by atoms with Crippen LogP contribution in [-0.2, 0) is 4.79 Å². The molecular formula is C11H20O3. The van der Waals surface area contributed by atoms with Crippen molar-refractivity contribution >= 4 is 5.97 Å². The minimum absolute atomic E-state index is 0.101. The monoisotopic (exact) mass is 200 g/mol. The molecule has 1 fully saturated rings. The van der Waals surface area contributed by atoms with Gasteiger partial charge in [0.1, 0.15) is 0 Å². The minimum Gasteiger partial charge on any atom is -0.481 e. The maximum atomic E-state index is 10.6. The Labute approximate surface area is 85.1 Å². The van der Waals surface area contributed by atoms with Crippen LogP contribution in [0.3, 0.4) is 0 Å². The normalized spacial score (nSPS) is 33.3. The van der Waals surface area contributed by atoms with E-state index in [0.29, 0.717) is 24.7 Å². The topological polar surface area (TPSA) is 57.5 Å². The van der Waals surface area contributed by atoms with Crippen LogP contribution in [0.2, 0.25) is 0 Å². The standard InChI is InChI=1S/C11H20O3/c1-8(2)9-4-3-5-11(14,6-9)7-10(12)13/h8-9,14H,3-7H2,1-2H3,(H,12,13).